The van der Waals surface area contributed by atoms with Gasteiger partial charge in [-0.25, -0.2) is 62.0 Å². The minimum atomic E-state index is -4.31. The molecule has 5 atom stereocenters. The van der Waals surface area contributed by atoms with Gasteiger partial charge in [-0.2, -0.15) is 43.9 Å². The van der Waals surface area contributed by atoms with Gasteiger partial charge < -0.3 is 50.0 Å². The van der Waals surface area contributed by atoms with Crippen molar-refractivity contribution in [1.29, 1.82) is 0 Å². The average molecular weight is 2100 g/mol. The number of anilines is 6. The second-order valence-electron chi connectivity index (χ2n) is 38.2. The number of hydrogen-bond donors (Lipinski definition) is 8. The number of H-pyrrole nitrogens is 2. The van der Waals surface area contributed by atoms with Crippen molar-refractivity contribution in [2.45, 2.75) is 197 Å². The molecule has 1 unspecified atom stereocenters. The number of aromatic nitrogens is 10. The number of carbonyl (C=O) groups is 4. The van der Waals surface area contributed by atoms with Crippen LogP contribution < -0.4 is 64.2 Å². The zero-order valence-corrected chi connectivity index (χ0v) is 87.4. The van der Waals surface area contributed by atoms with Crippen molar-refractivity contribution >= 4 is 98.6 Å². The molecule has 0 aliphatic carbocycles. The van der Waals surface area contributed by atoms with Gasteiger partial charge in [0.05, 0.1) is 83.9 Å². The van der Waals surface area contributed by atoms with Crippen molar-refractivity contribution in [3.63, 3.8) is 0 Å². The number of sulfonamides is 4. The van der Waals surface area contributed by atoms with E-state index >= 15 is 0 Å². The number of piperidine rings is 1. The van der Waals surface area contributed by atoms with Gasteiger partial charge in [0.1, 0.15) is 69.6 Å². The average Bonchev–Trinajstić information content (AvgIpc) is 1.72. The quantitative estimate of drug-likeness (QED) is 0.0194. The summed E-state index contributed by atoms with van der Waals surface area (Å²) in [5.74, 6) is -0.610. The highest BCUT2D eigenvalue weighted by molar-refractivity contribution is 7.90. The standard InChI is InChI=1S/C28H34FN5O5S.C27H32FN5O4S.C25H30FN5O4S.C24H29N5O3S/c1-18(2)16-39-22-13-20(12-21(29)14-22)24-10-9-23(27(31-24)34-11-5-6-19(15-34)17-38-3)28(35)33-40(36,37)26-8-4-7-25(30)32-26;1-18(2)17-37-21-15-19(14-20(28)16-21)23-11-10-22(26(30-23)33-12-5-3-4-6-13-33)27(34)32-38(35,36)25-9-7-8-24(29)31-25;1-15(2)14-35-20-12-18(11-19(26)13-20)22-8-7-21(24(28-22)31-16(3)5-6-17(31)4)25(32)30-36(33,34)23-9-10-27-29-23;1-15(2)18-7-9-19(10-8-18)21-12-11-20(23(26-21)29-16(3)5-6-17(29)4)24(30)28-33(31,32)22-13-14-25-27-22/h4,7-10,12-14,18-19H,5-6,11,15-17H2,1-3H3,(H2,30,32)(H,33,35);7-11,14-16,18H,3-6,12-13,17H2,1-2H3,(H2,29,31)(H,32,34);7-13,15-17H,5-6,14H2,1-4H3,(H,27,29)(H,30,32);7-17H,5-6H2,1-4H3,(H,25,27)(H,28,30)/t;;2*16-,17+. The predicted molar refractivity (Wildman–Crippen MR) is 556 cm³/mol. The van der Waals surface area contributed by atoms with Crippen molar-refractivity contribution in [1.82, 2.24) is 69.2 Å². The van der Waals surface area contributed by atoms with Crippen LogP contribution in [0.1, 0.15) is 200 Å². The number of hydrogen-bond acceptors (Lipinski definition) is 30. The predicted octanol–water partition coefficient (Wildman–Crippen LogP) is 16.5. The molecular formula is C104H125F3N20O16S4. The second-order valence-corrected chi connectivity index (χ2v) is 44.8. The molecule has 4 fully saturated rings. The number of amides is 4. The number of rotatable bonds is 32. The Labute approximate surface area is 855 Å². The molecule has 43 heteroatoms. The number of nitrogen functional groups attached to an aromatic ring is 2. The Kier molecular flexibility index (Phi) is 36.6. The number of pyridine rings is 6. The largest absolute Gasteiger partial charge is 0.493 e. The van der Waals surface area contributed by atoms with Crippen LogP contribution in [0.4, 0.5) is 48.1 Å². The smallest absolute Gasteiger partial charge is 0.281 e. The first-order chi connectivity index (χ1) is 69.9. The highest BCUT2D eigenvalue weighted by Gasteiger charge is 2.38. The van der Waals surface area contributed by atoms with E-state index in [-0.39, 0.29) is 102 Å². The zero-order valence-electron chi connectivity index (χ0n) is 84.1. The lowest BCUT2D eigenvalue weighted by Gasteiger charge is -2.34. The summed E-state index contributed by atoms with van der Waals surface area (Å²) in [6, 6.07) is 45.3. The summed E-state index contributed by atoms with van der Waals surface area (Å²) in [7, 11) is -15.2. The molecule has 4 aromatic carbocycles. The van der Waals surface area contributed by atoms with Gasteiger partial charge in [0.25, 0.3) is 63.7 Å². The maximum absolute atomic E-state index is 14.5. The summed E-state index contributed by atoms with van der Waals surface area (Å²) < 4.78 is 176. The highest BCUT2D eigenvalue weighted by atomic mass is 32.2. The Morgan fingerprint density at radius 3 is 1.07 bits per heavy atom. The van der Waals surface area contributed by atoms with Crippen molar-refractivity contribution in [3.05, 3.63) is 234 Å². The van der Waals surface area contributed by atoms with Crippen LogP contribution in [0.3, 0.4) is 0 Å². The van der Waals surface area contributed by atoms with E-state index < -0.39 is 81.2 Å². The fraction of sp³-hybridized carbons (Fsp3) is 0.385. The Bertz CT molecular complexity index is 7110. The molecule has 4 aliphatic heterocycles. The van der Waals surface area contributed by atoms with Gasteiger partial charge in [-0.3, -0.25) is 29.4 Å². The summed E-state index contributed by atoms with van der Waals surface area (Å²) in [5, 5.41) is 10.9. The Balaban J connectivity index is 0.000000164. The summed E-state index contributed by atoms with van der Waals surface area (Å²) in [4.78, 5) is 87.7. The number of nitrogens with zero attached hydrogens (tertiary/aromatic N) is 12. The van der Waals surface area contributed by atoms with Gasteiger partial charge in [-0.15, -0.1) is 0 Å². The van der Waals surface area contributed by atoms with Gasteiger partial charge in [-0.05, 0) is 236 Å². The van der Waals surface area contributed by atoms with E-state index in [9.17, 15) is 66.0 Å². The number of benzene rings is 4. The van der Waals surface area contributed by atoms with Gasteiger partial charge in [-0.1, -0.05) is 105 Å². The van der Waals surface area contributed by atoms with Crippen molar-refractivity contribution in [2.24, 2.45) is 23.7 Å². The number of nitrogens with two attached hydrogens (primary N) is 2. The van der Waals surface area contributed by atoms with E-state index in [1.54, 1.807) is 55.6 Å². The molecule has 147 heavy (non-hydrogen) atoms. The molecule has 0 spiro atoms. The number of ether oxygens (including phenoxy) is 4. The summed E-state index contributed by atoms with van der Waals surface area (Å²) in [6.07, 6.45) is 12.0. The van der Waals surface area contributed by atoms with Crippen LogP contribution in [0, 0.1) is 41.1 Å². The highest BCUT2D eigenvalue weighted by Crippen LogP contribution is 2.40. The maximum atomic E-state index is 14.5. The molecule has 16 rings (SSSR count). The number of carbonyl (C=O) groups excluding carboxylic acids is 4. The van der Waals surface area contributed by atoms with E-state index in [1.165, 1.54) is 121 Å². The molecule has 782 valence electrons. The van der Waals surface area contributed by atoms with Crippen LogP contribution in [-0.4, -0.2) is 191 Å². The third kappa shape index (κ3) is 29.0. The number of aromatic amines is 2. The Hall–Kier alpha value is -14.2. The van der Waals surface area contributed by atoms with Crippen molar-refractivity contribution in [2.75, 3.05) is 90.8 Å². The topological polar surface area (TPSA) is 490 Å². The van der Waals surface area contributed by atoms with Crippen LogP contribution in [0.15, 0.2) is 208 Å². The molecule has 4 saturated heterocycles. The SMILES string of the molecule is CC(C)COc1cc(F)cc(-c2ccc(C(=O)NS(=O)(=O)c3cccc(N)n3)c(N3CCCCCC3)n2)c1.CC(C)COc1cc(F)cc(-c2ccc(C(=O)NS(=O)(=O)c3ccn[nH]3)c(N3[C@H](C)CC[C@@H]3C)n2)c1.CC(C)c1ccc(-c2ccc(C(=O)NS(=O)(=O)c3ccn[nH]3)c(N3[C@H](C)CC[C@@H]3C)n2)cc1.COCC1CCCN(c2nc(-c3cc(F)cc(OCC(C)C)c3)ccc2C(=O)NS(=O)(=O)c2cccc(N)n2)C1. The lowest BCUT2D eigenvalue weighted by atomic mass is 9.98. The van der Waals surface area contributed by atoms with Gasteiger partial charge in [0.15, 0.2) is 20.1 Å². The first kappa shape index (κ1) is 110. The molecule has 0 saturated carbocycles. The van der Waals surface area contributed by atoms with Gasteiger partial charge in [0.2, 0.25) is 0 Å². The number of nitrogens with one attached hydrogen (secondary N) is 6. The normalized spacial score (nSPS) is 16.6. The number of halogens is 3. The van der Waals surface area contributed by atoms with Crippen molar-refractivity contribution in [3.8, 4) is 62.3 Å². The molecule has 0 radical (unpaired) electrons. The van der Waals surface area contributed by atoms with E-state index in [1.807, 2.05) is 82.2 Å². The van der Waals surface area contributed by atoms with Crippen molar-refractivity contribution < 1.29 is 85.0 Å². The molecule has 36 nitrogen and oxygen atoms in total. The Morgan fingerprint density at radius 1 is 0.395 bits per heavy atom. The minimum absolute atomic E-state index is 0.00590. The first-order valence-electron chi connectivity index (χ1n) is 48.6. The molecule has 12 aromatic rings. The maximum Gasteiger partial charge on any atom is 0.281 e. The van der Waals surface area contributed by atoms with Gasteiger partial charge >= 0.3 is 0 Å². The van der Waals surface area contributed by atoms with Gasteiger partial charge in [0, 0.05) is 97.9 Å². The van der Waals surface area contributed by atoms with E-state index in [0.29, 0.717) is 133 Å². The first-order valence-corrected chi connectivity index (χ1v) is 54.6. The second kappa shape index (κ2) is 48.9. The van der Waals surface area contributed by atoms with E-state index in [0.717, 1.165) is 75.5 Å². The van der Waals surface area contributed by atoms with Crippen LogP contribution in [-0.2, 0) is 44.8 Å². The molecule has 10 N–H and O–H groups in total. The third-order valence-electron chi connectivity index (χ3n) is 24.6. The molecule has 12 heterocycles. The van der Waals surface area contributed by atoms with Crippen LogP contribution in [0.2, 0.25) is 0 Å². The fourth-order valence-electron chi connectivity index (χ4n) is 17.2. The third-order valence-corrected chi connectivity index (χ3v) is 29.6. The Morgan fingerprint density at radius 2 is 0.735 bits per heavy atom. The summed E-state index contributed by atoms with van der Waals surface area (Å²) >= 11 is 0. The molecule has 8 aromatic heterocycles. The molecular weight excluding hydrogens is 1970 g/mol. The lowest BCUT2D eigenvalue weighted by molar-refractivity contribution is 0.0972. The van der Waals surface area contributed by atoms with Crippen LogP contribution in [0.25, 0.3) is 45.0 Å². The van der Waals surface area contributed by atoms with E-state index in [2.05, 4.69) is 94.0 Å². The monoisotopic (exact) mass is 2090 g/mol. The van der Waals surface area contributed by atoms with E-state index in [4.69, 9.17) is 50.4 Å². The summed E-state index contributed by atoms with van der Waals surface area (Å²) in [6.45, 7) is 28.8. The number of methoxy groups -OCH3 is 1. The zero-order chi connectivity index (χ0) is 106. The fourth-order valence-corrected chi connectivity index (χ4v) is 20.9. The molecule has 0 bridgehead atoms. The van der Waals surface area contributed by atoms with Crippen LogP contribution in [0.5, 0.6) is 17.2 Å². The molecule has 4 aliphatic rings. The molecule has 4 amide bonds. The minimum Gasteiger partial charge on any atom is -0.493 e. The lowest BCUT2D eigenvalue weighted by Crippen LogP contribution is -2.40. The summed E-state index contributed by atoms with van der Waals surface area (Å²) in [5.41, 5.74) is 17.4. The van der Waals surface area contributed by atoms with Crippen LogP contribution >= 0.6 is 0 Å².